The summed E-state index contributed by atoms with van der Waals surface area (Å²) >= 11 is 0. The third kappa shape index (κ3) is 3.87. The first-order valence-corrected chi connectivity index (χ1v) is 10.6. The number of carbonyl (C=O) groups excluding carboxylic acids is 2. The van der Waals surface area contributed by atoms with Crippen molar-refractivity contribution in [3.8, 4) is 0 Å². The highest BCUT2D eigenvalue weighted by Crippen LogP contribution is 2.31. The Morgan fingerprint density at radius 2 is 1.89 bits per heavy atom. The molecule has 2 aromatic carbocycles. The Kier molecular flexibility index (Phi) is 5.69. The summed E-state index contributed by atoms with van der Waals surface area (Å²) in [5.41, 5.74) is 1.86. The molecule has 8 heteroatoms. The molecule has 0 aliphatic carbocycles. The number of esters is 1. The highest BCUT2D eigenvalue weighted by Gasteiger charge is 2.26. The lowest BCUT2D eigenvalue weighted by Crippen LogP contribution is -2.27. The zero-order valence-corrected chi connectivity index (χ0v) is 16.6. The van der Waals surface area contributed by atoms with Crippen LogP contribution in [0.1, 0.15) is 36.2 Å². The molecule has 0 atom stereocenters. The maximum absolute atomic E-state index is 12.9. The number of amides is 1. The van der Waals surface area contributed by atoms with Gasteiger partial charge in [-0.2, -0.15) is 0 Å². The van der Waals surface area contributed by atoms with Crippen LogP contribution in [0.15, 0.2) is 47.4 Å². The van der Waals surface area contributed by atoms with Crippen LogP contribution in [0.25, 0.3) is 0 Å². The number of ether oxygens (including phenoxy) is 1. The second-order valence-electron chi connectivity index (χ2n) is 6.31. The quantitative estimate of drug-likeness (QED) is 0.750. The third-order valence-electron chi connectivity index (χ3n) is 4.53. The third-order valence-corrected chi connectivity index (χ3v) is 5.89. The zero-order valence-electron chi connectivity index (χ0n) is 15.8. The molecule has 1 aliphatic heterocycles. The van der Waals surface area contributed by atoms with Crippen LogP contribution in [0, 0.1) is 0 Å². The molecule has 1 N–H and O–H groups in total. The van der Waals surface area contributed by atoms with Gasteiger partial charge in [-0.15, -0.1) is 0 Å². The predicted molar refractivity (Wildman–Crippen MR) is 106 cm³/mol. The fraction of sp³-hybridized carbons (Fsp3) is 0.300. The van der Waals surface area contributed by atoms with Gasteiger partial charge in [0.1, 0.15) is 0 Å². The molecular weight excluding hydrogens is 380 g/mol. The van der Waals surface area contributed by atoms with E-state index in [-0.39, 0.29) is 28.7 Å². The second kappa shape index (κ2) is 8.02. The van der Waals surface area contributed by atoms with Crippen LogP contribution in [0.5, 0.6) is 0 Å². The molecule has 0 unspecified atom stereocenters. The van der Waals surface area contributed by atoms with E-state index in [2.05, 4.69) is 4.72 Å². The number of nitrogens with zero attached hydrogens (tertiary/aromatic N) is 1. The minimum atomic E-state index is -3.91. The van der Waals surface area contributed by atoms with E-state index >= 15 is 0 Å². The molecule has 0 spiro atoms. The number of anilines is 2. The van der Waals surface area contributed by atoms with Gasteiger partial charge in [0.15, 0.2) is 0 Å². The van der Waals surface area contributed by atoms with Gasteiger partial charge in [0.05, 0.1) is 22.8 Å². The molecule has 0 saturated heterocycles. The molecule has 7 nitrogen and oxygen atoms in total. The van der Waals surface area contributed by atoms with E-state index in [4.69, 9.17) is 4.74 Å². The van der Waals surface area contributed by atoms with E-state index in [9.17, 15) is 18.0 Å². The first kappa shape index (κ1) is 19.9. The molecule has 148 valence electrons. The maximum Gasteiger partial charge on any atom is 0.340 e. The van der Waals surface area contributed by atoms with Crippen LogP contribution < -0.4 is 9.62 Å². The van der Waals surface area contributed by atoms with Gasteiger partial charge in [0, 0.05) is 18.7 Å². The van der Waals surface area contributed by atoms with Crippen molar-refractivity contribution in [2.24, 2.45) is 0 Å². The normalized spacial score (nSPS) is 13.1. The molecule has 0 bridgehead atoms. The lowest BCUT2D eigenvalue weighted by atomic mass is 10.2. The minimum Gasteiger partial charge on any atom is -0.462 e. The molecule has 2 aromatic rings. The summed E-state index contributed by atoms with van der Waals surface area (Å²) < 4.78 is 33.2. The van der Waals surface area contributed by atoms with Crippen molar-refractivity contribution < 1.29 is 22.7 Å². The SMILES string of the molecule is CCOC(=O)c1ccccc1NS(=O)(=O)c1ccc2c(c1)CCN2C(=O)CC. The summed E-state index contributed by atoms with van der Waals surface area (Å²) in [6.45, 7) is 4.22. The van der Waals surface area contributed by atoms with Crippen LogP contribution in [0.2, 0.25) is 0 Å². The van der Waals surface area contributed by atoms with Crippen molar-refractivity contribution in [2.45, 2.75) is 31.6 Å². The Bertz CT molecular complexity index is 1020. The van der Waals surface area contributed by atoms with Gasteiger partial charge >= 0.3 is 5.97 Å². The summed E-state index contributed by atoms with van der Waals surface area (Å²) in [4.78, 5) is 25.8. The fourth-order valence-electron chi connectivity index (χ4n) is 3.16. The largest absolute Gasteiger partial charge is 0.462 e. The number of sulfonamides is 1. The Balaban J connectivity index is 1.90. The van der Waals surface area contributed by atoms with Gasteiger partial charge in [-0.05, 0) is 49.2 Å². The fourth-order valence-corrected chi connectivity index (χ4v) is 4.29. The summed E-state index contributed by atoms with van der Waals surface area (Å²) in [5, 5.41) is 0. The van der Waals surface area contributed by atoms with Gasteiger partial charge in [0.25, 0.3) is 10.0 Å². The van der Waals surface area contributed by atoms with Gasteiger partial charge in [0.2, 0.25) is 5.91 Å². The van der Waals surface area contributed by atoms with Crippen LogP contribution in [-0.2, 0) is 26.0 Å². The molecular formula is C20H22N2O5S. The standard InChI is InChI=1S/C20H22N2O5S/c1-3-19(23)22-12-11-14-13-15(9-10-18(14)22)28(25,26)21-17-8-6-5-7-16(17)20(24)27-4-2/h5-10,13,21H,3-4,11-12H2,1-2H3. The number of benzene rings is 2. The van der Waals surface area contributed by atoms with Crippen molar-refractivity contribution in [1.82, 2.24) is 0 Å². The number of hydrogen-bond acceptors (Lipinski definition) is 5. The zero-order chi connectivity index (χ0) is 20.3. The number of nitrogens with one attached hydrogen (secondary N) is 1. The van der Waals surface area contributed by atoms with E-state index < -0.39 is 16.0 Å². The summed E-state index contributed by atoms with van der Waals surface area (Å²) in [6, 6.07) is 11.0. The Hall–Kier alpha value is -2.87. The Morgan fingerprint density at radius 1 is 1.14 bits per heavy atom. The molecule has 0 fully saturated rings. The Morgan fingerprint density at radius 3 is 2.61 bits per heavy atom. The predicted octanol–water partition coefficient (Wildman–Crippen LogP) is 2.96. The van der Waals surface area contributed by atoms with Crippen molar-refractivity contribution >= 4 is 33.3 Å². The van der Waals surface area contributed by atoms with E-state index in [1.165, 1.54) is 18.2 Å². The molecule has 1 heterocycles. The second-order valence-corrected chi connectivity index (χ2v) is 7.99. The average molecular weight is 402 g/mol. The summed E-state index contributed by atoms with van der Waals surface area (Å²) in [7, 11) is -3.91. The smallest absolute Gasteiger partial charge is 0.340 e. The lowest BCUT2D eigenvalue weighted by molar-refractivity contribution is -0.118. The minimum absolute atomic E-state index is 0.0100. The topological polar surface area (TPSA) is 92.8 Å². The van der Waals surface area contributed by atoms with E-state index in [0.717, 1.165) is 11.3 Å². The van der Waals surface area contributed by atoms with Crippen LogP contribution in [0.4, 0.5) is 11.4 Å². The van der Waals surface area contributed by atoms with Crippen LogP contribution in [0.3, 0.4) is 0 Å². The Labute approximate surface area is 164 Å². The van der Waals surface area contributed by atoms with Crippen molar-refractivity contribution in [2.75, 3.05) is 22.8 Å². The molecule has 0 radical (unpaired) electrons. The van der Waals surface area contributed by atoms with Crippen molar-refractivity contribution in [3.05, 3.63) is 53.6 Å². The number of fused-ring (bicyclic) bond motifs is 1. The average Bonchev–Trinajstić information content (AvgIpc) is 3.11. The number of rotatable bonds is 6. The van der Waals surface area contributed by atoms with E-state index in [1.807, 2.05) is 0 Å². The first-order valence-electron chi connectivity index (χ1n) is 9.09. The molecule has 3 rings (SSSR count). The van der Waals surface area contributed by atoms with Crippen molar-refractivity contribution in [1.29, 1.82) is 0 Å². The number of hydrogen-bond donors (Lipinski definition) is 1. The first-order chi connectivity index (χ1) is 13.4. The number of carbonyl (C=O) groups is 2. The highest BCUT2D eigenvalue weighted by molar-refractivity contribution is 7.92. The molecule has 28 heavy (non-hydrogen) atoms. The highest BCUT2D eigenvalue weighted by atomic mass is 32.2. The van der Waals surface area contributed by atoms with Gasteiger partial charge < -0.3 is 9.64 Å². The van der Waals surface area contributed by atoms with Crippen LogP contribution >= 0.6 is 0 Å². The monoisotopic (exact) mass is 402 g/mol. The summed E-state index contributed by atoms with van der Waals surface area (Å²) in [6.07, 6.45) is 0.996. The lowest BCUT2D eigenvalue weighted by Gasteiger charge is -2.17. The van der Waals surface area contributed by atoms with Gasteiger partial charge in [-0.3, -0.25) is 9.52 Å². The van der Waals surface area contributed by atoms with Crippen molar-refractivity contribution in [3.63, 3.8) is 0 Å². The molecule has 0 aromatic heterocycles. The molecule has 0 saturated carbocycles. The van der Waals surface area contributed by atoms with E-state index in [1.54, 1.807) is 43.0 Å². The van der Waals surface area contributed by atoms with Gasteiger partial charge in [-0.1, -0.05) is 19.1 Å². The summed E-state index contributed by atoms with van der Waals surface area (Å²) in [5.74, 6) is -0.584. The van der Waals surface area contributed by atoms with Crippen LogP contribution in [-0.4, -0.2) is 33.4 Å². The molecule has 1 aliphatic rings. The number of para-hydroxylation sites is 1. The van der Waals surface area contributed by atoms with Gasteiger partial charge in [-0.25, -0.2) is 13.2 Å². The van der Waals surface area contributed by atoms with E-state index in [0.29, 0.717) is 19.4 Å². The maximum atomic E-state index is 12.9. The molecule has 1 amide bonds.